The molecule has 0 radical (unpaired) electrons. The van der Waals surface area contributed by atoms with Crippen molar-refractivity contribution < 1.29 is 4.79 Å². The third kappa shape index (κ3) is 1.94. The van der Waals surface area contributed by atoms with Crippen molar-refractivity contribution in [1.82, 2.24) is 24.9 Å². The van der Waals surface area contributed by atoms with Gasteiger partial charge in [0.05, 0.1) is 6.54 Å². The lowest BCUT2D eigenvalue weighted by Gasteiger charge is -1.98. The van der Waals surface area contributed by atoms with Gasteiger partial charge in [-0.25, -0.2) is 4.98 Å². The first-order valence-corrected chi connectivity index (χ1v) is 4.73. The van der Waals surface area contributed by atoms with E-state index in [0.717, 1.165) is 11.5 Å². The van der Waals surface area contributed by atoms with E-state index in [2.05, 4.69) is 24.9 Å². The molecule has 72 valence electrons. The standard InChI is InChI=1S/C7H7N5OS/c13-7(5-4-14-12-11-5)10-3-6-8-1-2-9-6/h1-2,4H,3H2,(H,8,9)(H,10,13). The molecular weight excluding hydrogens is 202 g/mol. The van der Waals surface area contributed by atoms with Gasteiger partial charge in [0, 0.05) is 17.8 Å². The summed E-state index contributed by atoms with van der Waals surface area (Å²) < 4.78 is 3.60. The molecule has 2 aromatic rings. The lowest BCUT2D eigenvalue weighted by Crippen LogP contribution is -2.23. The SMILES string of the molecule is O=C(NCc1ncc[nH]1)c1csnn1. The number of hydrogen-bond donors (Lipinski definition) is 2. The number of rotatable bonds is 3. The third-order valence-electron chi connectivity index (χ3n) is 1.56. The minimum Gasteiger partial charge on any atom is -0.347 e. The van der Waals surface area contributed by atoms with Gasteiger partial charge in [0.15, 0.2) is 5.69 Å². The molecule has 1 amide bonds. The number of carbonyl (C=O) groups excluding carboxylic acids is 1. The summed E-state index contributed by atoms with van der Waals surface area (Å²) in [5.41, 5.74) is 0.335. The van der Waals surface area contributed by atoms with E-state index in [1.165, 1.54) is 0 Å². The van der Waals surface area contributed by atoms with E-state index in [4.69, 9.17) is 0 Å². The molecule has 6 nitrogen and oxygen atoms in total. The molecule has 0 aliphatic rings. The average Bonchev–Trinajstić information content (AvgIpc) is 2.87. The van der Waals surface area contributed by atoms with Gasteiger partial charge < -0.3 is 10.3 Å². The molecule has 0 saturated heterocycles. The Hall–Kier alpha value is -1.76. The second kappa shape index (κ2) is 3.97. The summed E-state index contributed by atoms with van der Waals surface area (Å²) >= 11 is 1.15. The Labute approximate surface area is 83.5 Å². The first kappa shape index (κ1) is 8.82. The van der Waals surface area contributed by atoms with Crippen molar-refractivity contribution in [3.8, 4) is 0 Å². The number of amides is 1. The van der Waals surface area contributed by atoms with Crippen LogP contribution in [0.15, 0.2) is 17.8 Å². The van der Waals surface area contributed by atoms with Crippen molar-refractivity contribution in [2.75, 3.05) is 0 Å². The highest BCUT2D eigenvalue weighted by molar-refractivity contribution is 7.03. The predicted octanol–water partition coefficient (Wildman–Crippen LogP) is 0.191. The number of carbonyl (C=O) groups is 1. The van der Waals surface area contributed by atoms with E-state index < -0.39 is 0 Å². The molecule has 0 fully saturated rings. The molecule has 2 rings (SSSR count). The molecule has 14 heavy (non-hydrogen) atoms. The molecule has 0 spiro atoms. The van der Waals surface area contributed by atoms with E-state index in [-0.39, 0.29) is 5.91 Å². The highest BCUT2D eigenvalue weighted by Crippen LogP contribution is 1.97. The fraction of sp³-hybridized carbons (Fsp3) is 0.143. The zero-order chi connectivity index (χ0) is 9.80. The summed E-state index contributed by atoms with van der Waals surface area (Å²) in [6.45, 7) is 0.364. The summed E-state index contributed by atoms with van der Waals surface area (Å²) in [6, 6.07) is 0. The Balaban J connectivity index is 1.90. The minimum absolute atomic E-state index is 0.241. The maximum absolute atomic E-state index is 11.4. The van der Waals surface area contributed by atoms with Crippen LogP contribution in [0.3, 0.4) is 0 Å². The largest absolute Gasteiger partial charge is 0.347 e. The smallest absolute Gasteiger partial charge is 0.273 e. The highest BCUT2D eigenvalue weighted by Gasteiger charge is 2.07. The topological polar surface area (TPSA) is 83.6 Å². The summed E-state index contributed by atoms with van der Waals surface area (Å²) in [7, 11) is 0. The Bertz CT molecular complexity index is 396. The monoisotopic (exact) mass is 209 g/mol. The molecule has 2 heterocycles. The van der Waals surface area contributed by atoms with Gasteiger partial charge in [-0.15, -0.1) is 5.10 Å². The Morgan fingerprint density at radius 1 is 1.64 bits per heavy atom. The first-order chi connectivity index (χ1) is 6.86. The molecule has 2 N–H and O–H groups in total. The molecule has 0 unspecified atom stereocenters. The van der Waals surface area contributed by atoms with Crippen LogP contribution in [0.1, 0.15) is 16.3 Å². The predicted molar refractivity (Wildman–Crippen MR) is 49.7 cm³/mol. The van der Waals surface area contributed by atoms with Crippen molar-refractivity contribution in [1.29, 1.82) is 0 Å². The number of H-pyrrole nitrogens is 1. The van der Waals surface area contributed by atoms with Crippen LogP contribution >= 0.6 is 11.5 Å². The van der Waals surface area contributed by atoms with Gasteiger partial charge in [-0.2, -0.15) is 0 Å². The van der Waals surface area contributed by atoms with Crippen LogP contribution < -0.4 is 5.32 Å². The van der Waals surface area contributed by atoms with Crippen LogP contribution in [-0.4, -0.2) is 25.5 Å². The Morgan fingerprint density at radius 2 is 2.57 bits per heavy atom. The zero-order valence-corrected chi connectivity index (χ0v) is 7.91. The fourth-order valence-electron chi connectivity index (χ4n) is 0.913. The summed E-state index contributed by atoms with van der Waals surface area (Å²) in [5.74, 6) is 0.469. The molecular formula is C7H7N5OS. The fourth-order valence-corrected chi connectivity index (χ4v) is 1.35. The van der Waals surface area contributed by atoms with Crippen LogP contribution in [0.4, 0.5) is 0 Å². The van der Waals surface area contributed by atoms with Crippen LogP contribution in [0.5, 0.6) is 0 Å². The number of nitrogens with zero attached hydrogens (tertiary/aromatic N) is 3. The van der Waals surface area contributed by atoms with E-state index >= 15 is 0 Å². The van der Waals surface area contributed by atoms with Gasteiger partial charge in [-0.3, -0.25) is 4.79 Å². The molecule has 0 aliphatic heterocycles. The second-order valence-corrected chi connectivity index (χ2v) is 3.12. The maximum atomic E-state index is 11.4. The van der Waals surface area contributed by atoms with Crippen molar-refractivity contribution in [3.63, 3.8) is 0 Å². The van der Waals surface area contributed by atoms with E-state index in [0.29, 0.717) is 18.1 Å². The molecule has 0 aliphatic carbocycles. The van der Waals surface area contributed by atoms with Gasteiger partial charge in [-0.1, -0.05) is 4.49 Å². The number of nitrogens with one attached hydrogen (secondary N) is 2. The molecule has 0 bridgehead atoms. The number of hydrogen-bond acceptors (Lipinski definition) is 5. The van der Waals surface area contributed by atoms with Gasteiger partial charge in [-0.05, 0) is 11.5 Å². The van der Waals surface area contributed by atoms with Gasteiger partial charge >= 0.3 is 0 Å². The Morgan fingerprint density at radius 3 is 3.21 bits per heavy atom. The third-order valence-corrected chi connectivity index (χ3v) is 2.07. The van der Waals surface area contributed by atoms with Gasteiger partial charge in [0.25, 0.3) is 5.91 Å². The minimum atomic E-state index is -0.241. The van der Waals surface area contributed by atoms with Crippen molar-refractivity contribution in [2.24, 2.45) is 0 Å². The number of aromatic amines is 1. The lowest BCUT2D eigenvalue weighted by molar-refractivity contribution is 0.0945. The molecule has 0 saturated carbocycles. The molecule has 0 atom stereocenters. The average molecular weight is 209 g/mol. The van der Waals surface area contributed by atoms with Crippen LogP contribution in [-0.2, 0) is 6.54 Å². The molecule has 7 heteroatoms. The van der Waals surface area contributed by atoms with Gasteiger partial charge in [0.1, 0.15) is 5.82 Å². The second-order valence-electron chi connectivity index (χ2n) is 2.51. The summed E-state index contributed by atoms with van der Waals surface area (Å²) in [4.78, 5) is 18.2. The van der Waals surface area contributed by atoms with Crippen molar-refractivity contribution in [2.45, 2.75) is 6.54 Å². The van der Waals surface area contributed by atoms with Crippen molar-refractivity contribution >= 4 is 17.4 Å². The quantitative estimate of drug-likeness (QED) is 0.755. The van der Waals surface area contributed by atoms with Crippen molar-refractivity contribution in [3.05, 3.63) is 29.3 Å². The molecule has 2 aromatic heterocycles. The number of aromatic nitrogens is 4. The zero-order valence-electron chi connectivity index (χ0n) is 7.10. The normalized spacial score (nSPS) is 10.0. The van der Waals surface area contributed by atoms with Gasteiger partial charge in [0.2, 0.25) is 0 Å². The molecule has 0 aromatic carbocycles. The van der Waals surface area contributed by atoms with E-state index in [1.54, 1.807) is 17.8 Å². The maximum Gasteiger partial charge on any atom is 0.273 e. The highest BCUT2D eigenvalue weighted by atomic mass is 32.1. The van der Waals surface area contributed by atoms with Crippen LogP contribution in [0.25, 0.3) is 0 Å². The van der Waals surface area contributed by atoms with Crippen LogP contribution in [0.2, 0.25) is 0 Å². The summed E-state index contributed by atoms with van der Waals surface area (Å²) in [6.07, 6.45) is 3.33. The van der Waals surface area contributed by atoms with E-state index in [1.807, 2.05) is 0 Å². The van der Waals surface area contributed by atoms with E-state index in [9.17, 15) is 4.79 Å². The lowest BCUT2D eigenvalue weighted by atomic mass is 10.4. The summed E-state index contributed by atoms with van der Waals surface area (Å²) in [5, 5.41) is 7.90. The van der Waals surface area contributed by atoms with Crippen LogP contribution in [0, 0.1) is 0 Å². The number of imidazole rings is 1. The Kier molecular flexibility index (Phi) is 2.50. The first-order valence-electron chi connectivity index (χ1n) is 3.90.